The van der Waals surface area contributed by atoms with Gasteiger partial charge in [-0.2, -0.15) is 5.10 Å². The number of halogens is 1. The summed E-state index contributed by atoms with van der Waals surface area (Å²) in [7, 11) is 0. The molecule has 0 radical (unpaired) electrons. The Bertz CT molecular complexity index is 740. The molecule has 5 heteroatoms. The molecule has 2 aromatic rings. The van der Waals surface area contributed by atoms with Gasteiger partial charge >= 0.3 is 0 Å². The molecule has 2 aromatic carbocycles. The van der Waals surface area contributed by atoms with Gasteiger partial charge in [-0.25, -0.2) is 5.43 Å². The molecule has 24 heavy (non-hydrogen) atoms. The zero-order chi connectivity index (χ0) is 17.5. The van der Waals surface area contributed by atoms with E-state index in [0.29, 0.717) is 12.2 Å². The summed E-state index contributed by atoms with van der Waals surface area (Å²) in [4.78, 5) is 12.0. The highest BCUT2D eigenvalue weighted by Crippen LogP contribution is 2.21. The molecule has 0 atom stereocenters. The number of rotatable bonds is 6. The molecule has 0 aliphatic carbocycles. The van der Waals surface area contributed by atoms with E-state index in [4.69, 9.17) is 16.3 Å². The number of carbonyl (C=O) groups excluding carboxylic acids is 1. The molecular weight excluding hydrogens is 324 g/mol. The molecule has 0 heterocycles. The van der Waals surface area contributed by atoms with E-state index >= 15 is 0 Å². The summed E-state index contributed by atoms with van der Waals surface area (Å²) in [6.07, 6.45) is 0.806. The second-order valence-electron chi connectivity index (χ2n) is 5.54. The second-order valence-corrected chi connectivity index (χ2v) is 5.95. The van der Waals surface area contributed by atoms with Crippen LogP contribution >= 0.6 is 11.6 Å². The normalized spacial score (nSPS) is 11.2. The lowest BCUT2D eigenvalue weighted by molar-refractivity contribution is 0.0954. The molecule has 1 amide bonds. The molecule has 4 nitrogen and oxygen atoms in total. The quantitative estimate of drug-likeness (QED) is 0.607. The van der Waals surface area contributed by atoms with Gasteiger partial charge in [0.25, 0.3) is 5.91 Å². The van der Waals surface area contributed by atoms with Crippen molar-refractivity contribution >= 4 is 23.2 Å². The first-order chi connectivity index (χ1) is 11.5. The van der Waals surface area contributed by atoms with Crippen LogP contribution in [0.3, 0.4) is 0 Å². The van der Waals surface area contributed by atoms with Gasteiger partial charge in [-0.1, -0.05) is 30.7 Å². The largest absolute Gasteiger partial charge is 0.489 e. The van der Waals surface area contributed by atoms with Crippen LogP contribution in [0.2, 0.25) is 5.02 Å². The smallest absolute Gasteiger partial charge is 0.271 e. The first kappa shape index (κ1) is 18.0. The molecule has 126 valence electrons. The number of amides is 1. The van der Waals surface area contributed by atoms with E-state index < -0.39 is 0 Å². The van der Waals surface area contributed by atoms with Gasteiger partial charge in [-0.05, 0) is 61.7 Å². The molecule has 0 bridgehead atoms. The Hall–Kier alpha value is -2.33. The highest BCUT2D eigenvalue weighted by molar-refractivity contribution is 6.31. The molecule has 2 rings (SSSR count). The predicted octanol–water partition coefficient (Wildman–Crippen LogP) is 4.74. The van der Waals surface area contributed by atoms with Crippen LogP contribution in [0.1, 0.15) is 41.8 Å². The van der Waals surface area contributed by atoms with E-state index in [1.54, 1.807) is 12.1 Å². The molecule has 0 saturated carbocycles. The molecule has 0 saturated heterocycles. The Balaban J connectivity index is 1.94. The van der Waals surface area contributed by atoms with Crippen molar-refractivity contribution in [2.45, 2.75) is 33.8 Å². The minimum absolute atomic E-state index is 0.219. The van der Waals surface area contributed by atoms with Crippen molar-refractivity contribution in [3.63, 3.8) is 0 Å². The lowest BCUT2D eigenvalue weighted by atomic mass is 10.1. The van der Waals surface area contributed by atoms with Crippen molar-refractivity contribution in [3.05, 3.63) is 64.2 Å². The number of ether oxygens (including phenoxy) is 1. The van der Waals surface area contributed by atoms with Gasteiger partial charge in [-0.3, -0.25) is 4.79 Å². The summed E-state index contributed by atoms with van der Waals surface area (Å²) in [5.74, 6) is 0.548. The van der Waals surface area contributed by atoms with Crippen molar-refractivity contribution < 1.29 is 9.53 Å². The SMILES string of the molecule is CC/C(C)=N/NC(=O)c1ccc(COc2ccc(Cl)c(C)c2)cc1. The Kier molecular flexibility index (Phi) is 6.38. The Labute approximate surface area is 147 Å². The van der Waals surface area contributed by atoms with Crippen LogP contribution in [0, 0.1) is 6.92 Å². The van der Waals surface area contributed by atoms with Crippen LogP contribution in [0.5, 0.6) is 5.75 Å². The third kappa shape index (κ3) is 5.10. The zero-order valence-corrected chi connectivity index (χ0v) is 14.9. The fraction of sp³-hybridized carbons (Fsp3) is 0.263. The predicted molar refractivity (Wildman–Crippen MR) is 97.8 cm³/mol. The number of aryl methyl sites for hydroxylation is 1. The van der Waals surface area contributed by atoms with Gasteiger partial charge < -0.3 is 4.74 Å². The average Bonchev–Trinajstić information content (AvgIpc) is 2.60. The van der Waals surface area contributed by atoms with Crippen LogP contribution in [-0.2, 0) is 6.61 Å². The van der Waals surface area contributed by atoms with Crippen molar-refractivity contribution in [2.24, 2.45) is 5.10 Å². The number of hydrogen-bond acceptors (Lipinski definition) is 3. The van der Waals surface area contributed by atoms with Gasteiger partial charge in [0, 0.05) is 16.3 Å². The summed E-state index contributed by atoms with van der Waals surface area (Å²) in [6, 6.07) is 12.8. The summed E-state index contributed by atoms with van der Waals surface area (Å²) < 4.78 is 5.74. The van der Waals surface area contributed by atoms with Gasteiger partial charge in [0.1, 0.15) is 12.4 Å². The second kappa shape index (κ2) is 8.50. The van der Waals surface area contributed by atoms with Crippen LogP contribution in [0.25, 0.3) is 0 Å². The standard InChI is InChI=1S/C19H21ClN2O2/c1-4-14(3)21-22-19(23)16-7-5-15(6-8-16)12-24-17-9-10-18(20)13(2)11-17/h5-11H,4,12H2,1-3H3,(H,22,23)/b21-14+. The fourth-order valence-electron chi connectivity index (χ4n) is 1.92. The molecule has 1 N–H and O–H groups in total. The van der Waals surface area contributed by atoms with E-state index in [-0.39, 0.29) is 5.91 Å². The molecular formula is C19H21ClN2O2. The van der Waals surface area contributed by atoms with E-state index in [1.807, 2.05) is 51.1 Å². The average molecular weight is 345 g/mol. The van der Waals surface area contributed by atoms with E-state index in [2.05, 4.69) is 10.5 Å². The molecule has 0 unspecified atom stereocenters. The Morgan fingerprint density at radius 3 is 2.54 bits per heavy atom. The van der Waals surface area contributed by atoms with Gasteiger partial charge in [0.05, 0.1) is 0 Å². The van der Waals surface area contributed by atoms with Gasteiger partial charge in [0.15, 0.2) is 0 Å². The summed E-state index contributed by atoms with van der Waals surface area (Å²) in [6.45, 7) is 6.22. The first-order valence-electron chi connectivity index (χ1n) is 7.81. The number of benzene rings is 2. The number of nitrogens with zero attached hydrogens (tertiary/aromatic N) is 1. The summed E-state index contributed by atoms with van der Waals surface area (Å²) in [5.41, 5.74) is 5.94. The lowest BCUT2D eigenvalue weighted by Gasteiger charge is -2.08. The van der Waals surface area contributed by atoms with E-state index in [0.717, 1.165) is 34.0 Å². The zero-order valence-electron chi connectivity index (χ0n) is 14.1. The number of hydrogen-bond donors (Lipinski definition) is 1. The van der Waals surface area contributed by atoms with Crippen LogP contribution in [0.15, 0.2) is 47.6 Å². The Morgan fingerprint density at radius 1 is 1.21 bits per heavy atom. The van der Waals surface area contributed by atoms with Crippen LogP contribution in [-0.4, -0.2) is 11.6 Å². The highest BCUT2D eigenvalue weighted by atomic mass is 35.5. The maximum Gasteiger partial charge on any atom is 0.271 e. The molecule has 0 spiro atoms. The minimum Gasteiger partial charge on any atom is -0.489 e. The monoisotopic (exact) mass is 344 g/mol. The van der Waals surface area contributed by atoms with Crippen LogP contribution in [0.4, 0.5) is 0 Å². The number of carbonyl (C=O) groups is 1. The van der Waals surface area contributed by atoms with Crippen LogP contribution < -0.4 is 10.2 Å². The van der Waals surface area contributed by atoms with Crippen molar-refractivity contribution in [1.82, 2.24) is 5.43 Å². The molecule has 0 fully saturated rings. The molecule has 0 aliphatic rings. The third-order valence-corrected chi connectivity index (χ3v) is 4.04. The van der Waals surface area contributed by atoms with Gasteiger partial charge in [0.2, 0.25) is 0 Å². The lowest BCUT2D eigenvalue weighted by Crippen LogP contribution is -2.18. The van der Waals surface area contributed by atoms with E-state index in [9.17, 15) is 4.79 Å². The first-order valence-corrected chi connectivity index (χ1v) is 8.18. The topological polar surface area (TPSA) is 50.7 Å². The Morgan fingerprint density at radius 2 is 1.92 bits per heavy atom. The molecule has 0 aromatic heterocycles. The summed E-state index contributed by atoms with van der Waals surface area (Å²) >= 11 is 6.00. The van der Waals surface area contributed by atoms with Crippen molar-refractivity contribution in [3.8, 4) is 5.75 Å². The van der Waals surface area contributed by atoms with Crippen molar-refractivity contribution in [2.75, 3.05) is 0 Å². The molecule has 0 aliphatic heterocycles. The summed E-state index contributed by atoms with van der Waals surface area (Å²) in [5, 5.41) is 4.74. The highest BCUT2D eigenvalue weighted by Gasteiger charge is 2.05. The number of hydrazone groups is 1. The fourth-order valence-corrected chi connectivity index (χ4v) is 2.03. The van der Waals surface area contributed by atoms with Gasteiger partial charge in [-0.15, -0.1) is 0 Å². The maximum absolute atomic E-state index is 12.0. The minimum atomic E-state index is -0.219. The maximum atomic E-state index is 12.0. The van der Waals surface area contributed by atoms with Crippen molar-refractivity contribution in [1.29, 1.82) is 0 Å². The van der Waals surface area contributed by atoms with E-state index in [1.165, 1.54) is 0 Å². The third-order valence-electron chi connectivity index (χ3n) is 3.61. The number of nitrogens with one attached hydrogen (secondary N) is 1.